The first-order chi connectivity index (χ1) is 9.27. The van der Waals surface area contributed by atoms with Gasteiger partial charge in [0, 0.05) is 12.2 Å². The number of rotatable bonds is 3. The lowest BCUT2D eigenvalue weighted by Gasteiger charge is -2.57. The highest BCUT2D eigenvalue weighted by Gasteiger charge is 2.51. The van der Waals surface area contributed by atoms with Gasteiger partial charge in [-0.15, -0.1) is 0 Å². The molecule has 0 aliphatic heterocycles. The SMILES string of the molecule is CCNc1ccc(C23CC4CC(CC(C4)C2)C3)cc1. The first-order valence-corrected chi connectivity index (χ1v) is 8.12. The summed E-state index contributed by atoms with van der Waals surface area (Å²) in [6.07, 6.45) is 9.02. The molecule has 0 aromatic heterocycles. The van der Waals surface area contributed by atoms with E-state index in [0.29, 0.717) is 5.41 Å². The normalized spacial score (nSPS) is 39.5. The van der Waals surface area contributed by atoms with Gasteiger partial charge >= 0.3 is 0 Å². The largest absolute Gasteiger partial charge is 0.385 e. The van der Waals surface area contributed by atoms with Crippen molar-refractivity contribution in [2.75, 3.05) is 11.9 Å². The Morgan fingerprint density at radius 1 is 0.947 bits per heavy atom. The molecule has 4 fully saturated rings. The molecule has 1 aromatic rings. The van der Waals surface area contributed by atoms with Crippen LogP contribution in [0.5, 0.6) is 0 Å². The molecule has 0 heterocycles. The van der Waals surface area contributed by atoms with E-state index in [-0.39, 0.29) is 0 Å². The summed E-state index contributed by atoms with van der Waals surface area (Å²) in [6.45, 7) is 3.17. The van der Waals surface area contributed by atoms with Gasteiger partial charge in [-0.3, -0.25) is 0 Å². The minimum atomic E-state index is 0.555. The van der Waals surface area contributed by atoms with Crippen LogP contribution in [0.4, 0.5) is 5.69 Å². The molecule has 0 radical (unpaired) electrons. The Bertz CT molecular complexity index is 424. The van der Waals surface area contributed by atoms with Crippen molar-refractivity contribution >= 4 is 5.69 Å². The van der Waals surface area contributed by atoms with Crippen LogP contribution in [0, 0.1) is 17.8 Å². The van der Waals surface area contributed by atoms with Gasteiger partial charge in [0.25, 0.3) is 0 Å². The van der Waals surface area contributed by atoms with Crippen molar-refractivity contribution in [3.63, 3.8) is 0 Å². The second-order valence-corrected chi connectivity index (χ2v) is 7.31. The molecule has 4 aliphatic rings. The molecule has 4 saturated carbocycles. The van der Waals surface area contributed by atoms with Crippen LogP contribution in [0.25, 0.3) is 0 Å². The van der Waals surface area contributed by atoms with Crippen molar-refractivity contribution in [2.24, 2.45) is 17.8 Å². The third-order valence-corrected chi connectivity index (χ3v) is 5.92. The Kier molecular flexibility index (Phi) is 2.65. The maximum atomic E-state index is 3.41. The van der Waals surface area contributed by atoms with Gasteiger partial charge in [0.1, 0.15) is 0 Å². The van der Waals surface area contributed by atoms with Crippen LogP contribution in [0.3, 0.4) is 0 Å². The molecule has 1 heteroatoms. The zero-order valence-corrected chi connectivity index (χ0v) is 12.0. The van der Waals surface area contributed by atoms with Crippen molar-refractivity contribution < 1.29 is 0 Å². The Balaban J connectivity index is 1.64. The van der Waals surface area contributed by atoms with E-state index in [2.05, 4.69) is 36.5 Å². The molecule has 0 spiro atoms. The zero-order valence-electron chi connectivity index (χ0n) is 12.0. The van der Waals surface area contributed by atoms with Gasteiger partial charge < -0.3 is 5.32 Å². The quantitative estimate of drug-likeness (QED) is 0.833. The van der Waals surface area contributed by atoms with E-state index in [1.165, 1.54) is 44.2 Å². The molecule has 0 atom stereocenters. The van der Waals surface area contributed by atoms with E-state index >= 15 is 0 Å². The zero-order chi connectivity index (χ0) is 12.9. The van der Waals surface area contributed by atoms with Crippen LogP contribution in [-0.2, 0) is 5.41 Å². The van der Waals surface area contributed by atoms with E-state index in [4.69, 9.17) is 0 Å². The lowest BCUT2D eigenvalue weighted by Crippen LogP contribution is -2.48. The van der Waals surface area contributed by atoms with Gasteiger partial charge in [-0.05, 0) is 86.3 Å². The summed E-state index contributed by atoms with van der Waals surface area (Å²) >= 11 is 0. The Morgan fingerprint density at radius 2 is 1.47 bits per heavy atom. The van der Waals surface area contributed by atoms with Crippen LogP contribution >= 0.6 is 0 Å². The Hall–Kier alpha value is -0.980. The van der Waals surface area contributed by atoms with Crippen LogP contribution in [0.15, 0.2) is 24.3 Å². The van der Waals surface area contributed by atoms with Gasteiger partial charge in [-0.2, -0.15) is 0 Å². The predicted molar refractivity (Wildman–Crippen MR) is 80.5 cm³/mol. The fraction of sp³-hybridized carbons (Fsp3) is 0.667. The highest BCUT2D eigenvalue weighted by atomic mass is 14.8. The highest BCUT2D eigenvalue weighted by Crippen LogP contribution is 2.60. The summed E-state index contributed by atoms with van der Waals surface area (Å²) < 4.78 is 0. The fourth-order valence-electron chi connectivity index (χ4n) is 5.61. The molecule has 1 aromatic carbocycles. The molecular weight excluding hydrogens is 230 g/mol. The van der Waals surface area contributed by atoms with Gasteiger partial charge in [-0.1, -0.05) is 12.1 Å². The number of anilines is 1. The predicted octanol–water partition coefficient (Wildman–Crippen LogP) is 4.59. The topological polar surface area (TPSA) is 12.0 Å². The first kappa shape index (κ1) is 11.8. The lowest BCUT2D eigenvalue weighted by molar-refractivity contribution is -0.00518. The number of hydrogen-bond acceptors (Lipinski definition) is 1. The van der Waals surface area contributed by atoms with Gasteiger partial charge in [0.15, 0.2) is 0 Å². The second kappa shape index (κ2) is 4.26. The first-order valence-electron chi connectivity index (χ1n) is 8.12. The monoisotopic (exact) mass is 255 g/mol. The maximum Gasteiger partial charge on any atom is 0.0340 e. The molecule has 0 saturated heterocycles. The summed E-state index contributed by atoms with van der Waals surface area (Å²) in [5, 5.41) is 3.41. The summed E-state index contributed by atoms with van der Waals surface area (Å²) in [4.78, 5) is 0. The molecule has 1 nitrogen and oxygen atoms in total. The molecule has 102 valence electrons. The highest BCUT2D eigenvalue weighted by molar-refractivity contribution is 5.46. The van der Waals surface area contributed by atoms with Crippen LogP contribution in [0.1, 0.15) is 51.0 Å². The molecular formula is C18H25N. The molecule has 0 amide bonds. The van der Waals surface area contributed by atoms with Crippen molar-refractivity contribution in [2.45, 2.75) is 50.9 Å². The van der Waals surface area contributed by atoms with Gasteiger partial charge in [-0.25, -0.2) is 0 Å². The van der Waals surface area contributed by atoms with Crippen molar-refractivity contribution in [1.29, 1.82) is 0 Å². The minimum absolute atomic E-state index is 0.555. The number of nitrogens with one attached hydrogen (secondary N) is 1. The average Bonchev–Trinajstić information content (AvgIpc) is 2.38. The summed E-state index contributed by atoms with van der Waals surface area (Å²) in [7, 11) is 0. The maximum absolute atomic E-state index is 3.41. The number of hydrogen-bond donors (Lipinski definition) is 1. The lowest BCUT2D eigenvalue weighted by atomic mass is 9.48. The van der Waals surface area contributed by atoms with Crippen molar-refractivity contribution in [1.82, 2.24) is 0 Å². The Labute approximate surface area is 116 Å². The van der Waals surface area contributed by atoms with Gasteiger partial charge in [0.2, 0.25) is 0 Å². The van der Waals surface area contributed by atoms with Crippen LogP contribution in [-0.4, -0.2) is 6.54 Å². The molecule has 0 unspecified atom stereocenters. The van der Waals surface area contributed by atoms with E-state index in [1.807, 2.05) is 0 Å². The molecule has 4 bridgehead atoms. The van der Waals surface area contributed by atoms with E-state index in [9.17, 15) is 0 Å². The summed E-state index contributed by atoms with van der Waals surface area (Å²) in [5.41, 5.74) is 3.46. The molecule has 5 rings (SSSR count). The van der Waals surface area contributed by atoms with E-state index in [0.717, 1.165) is 24.3 Å². The van der Waals surface area contributed by atoms with Crippen LogP contribution in [0.2, 0.25) is 0 Å². The van der Waals surface area contributed by atoms with Gasteiger partial charge in [0.05, 0.1) is 0 Å². The molecule has 1 N–H and O–H groups in total. The van der Waals surface area contributed by atoms with E-state index in [1.54, 1.807) is 5.56 Å². The summed E-state index contributed by atoms with van der Waals surface area (Å²) in [5.74, 6) is 3.12. The Morgan fingerprint density at radius 3 is 1.95 bits per heavy atom. The average molecular weight is 255 g/mol. The van der Waals surface area contributed by atoms with Crippen molar-refractivity contribution in [3.05, 3.63) is 29.8 Å². The number of benzene rings is 1. The third kappa shape index (κ3) is 1.89. The second-order valence-electron chi connectivity index (χ2n) is 7.31. The summed E-state index contributed by atoms with van der Waals surface area (Å²) in [6, 6.07) is 9.39. The fourth-order valence-corrected chi connectivity index (χ4v) is 5.61. The standard InChI is InChI=1S/C18H25N/c1-2-19-17-5-3-16(4-6-17)18-10-13-7-14(11-18)9-15(8-13)12-18/h3-6,13-15,19H,2,7-12H2,1H3. The molecule has 19 heavy (non-hydrogen) atoms. The van der Waals surface area contributed by atoms with Crippen LogP contribution < -0.4 is 5.32 Å². The van der Waals surface area contributed by atoms with Crippen molar-refractivity contribution in [3.8, 4) is 0 Å². The molecule has 4 aliphatic carbocycles. The van der Waals surface area contributed by atoms with E-state index < -0.39 is 0 Å². The minimum Gasteiger partial charge on any atom is -0.385 e. The third-order valence-electron chi connectivity index (χ3n) is 5.92. The smallest absolute Gasteiger partial charge is 0.0340 e.